The van der Waals surface area contributed by atoms with Gasteiger partial charge >= 0.3 is 5.97 Å². The normalized spacial score (nSPS) is 10.5. The highest BCUT2D eigenvalue weighted by Gasteiger charge is 2.07. The van der Waals surface area contributed by atoms with Crippen molar-refractivity contribution in [2.45, 2.75) is 13.5 Å². The maximum atomic E-state index is 11.1. The second kappa shape index (κ2) is 5.72. The molecule has 0 aliphatic rings. The van der Waals surface area contributed by atoms with Gasteiger partial charge in [-0.3, -0.25) is 14.7 Å². The smallest absolute Gasteiger partial charge is 0.320 e. The molecule has 14 heavy (non-hydrogen) atoms. The lowest BCUT2D eigenvalue weighted by atomic mass is 10.4. The summed E-state index contributed by atoms with van der Waals surface area (Å²) in [6, 6.07) is 0. The Morgan fingerprint density at radius 1 is 1.71 bits per heavy atom. The Kier molecular flexibility index (Phi) is 4.55. The number of likely N-dealkylation sites (N-methyl/N-ethyl adjacent to an activating group) is 1. The zero-order valence-electron chi connectivity index (χ0n) is 8.40. The summed E-state index contributed by atoms with van der Waals surface area (Å²) in [4.78, 5) is 18.1. The van der Waals surface area contributed by atoms with Crippen molar-refractivity contribution in [3.63, 3.8) is 0 Å². The van der Waals surface area contributed by atoms with Gasteiger partial charge in [-0.15, -0.1) is 11.3 Å². The van der Waals surface area contributed by atoms with Crippen LogP contribution in [0.3, 0.4) is 0 Å². The van der Waals surface area contributed by atoms with E-state index in [1.54, 1.807) is 23.8 Å². The highest BCUT2D eigenvalue weighted by Crippen LogP contribution is 2.07. The van der Waals surface area contributed by atoms with Gasteiger partial charge in [0.05, 0.1) is 18.7 Å². The zero-order chi connectivity index (χ0) is 10.4. The number of thiazole rings is 1. The molecule has 1 rings (SSSR count). The monoisotopic (exact) mass is 214 g/mol. The standard InChI is InChI=1S/C9H14N2O2S/c1-3-13-9(12)6-11(2)5-8-4-10-7-14-8/h4,7H,3,5-6H2,1-2H3. The number of hydrogen-bond acceptors (Lipinski definition) is 5. The maximum absolute atomic E-state index is 11.1. The molecule has 78 valence electrons. The number of carbonyl (C=O) groups is 1. The van der Waals surface area contributed by atoms with Crippen molar-refractivity contribution in [1.29, 1.82) is 0 Å². The van der Waals surface area contributed by atoms with E-state index in [0.29, 0.717) is 13.2 Å². The van der Waals surface area contributed by atoms with Gasteiger partial charge < -0.3 is 4.74 Å². The highest BCUT2D eigenvalue weighted by molar-refractivity contribution is 7.09. The molecule has 1 aromatic heterocycles. The fourth-order valence-corrected chi connectivity index (χ4v) is 1.74. The summed E-state index contributed by atoms with van der Waals surface area (Å²) in [6.45, 7) is 3.31. The van der Waals surface area contributed by atoms with Gasteiger partial charge in [-0.2, -0.15) is 0 Å². The van der Waals surface area contributed by atoms with Crippen molar-refractivity contribution in [3.8, 4) is 0 Å². The van der Waals surface area contributed by atoms with Crippen molar-refractivity contribution in [2.75, 3.05) is 20.2 Å². The lowest BCUT2D eigenvalue weighted by molar-refractivity contribution is -0.144. The molecule has 1 aromatic rings. The van der Waals surface area contributed by atoms with Gasteiger partial charge in [0, 0.05) is 17.6 Å². The Hall–Kier alpha value is -0.940. The summed E-state index contributed by atoms with van der Waals surface area (Å²) in [5, 5.41) is 0. The Labute approximate surface area is 87.5 Å². The number of aromatic nitrogens is 1. The molecule has 0 radical (unpaired) electrons. The van der Waals surface area contributed by atoms with Gasteiger partial charge in [0.15, 0.2) is 0 Å². The molecule has 0 fully saturated rings. The van der Waals surface area contributed by atoms with Gasteiger partial charge in [-0.1, -0.05) is 0 Å². The molecule has 0 atom stereocenters. The SMILES string of the molecule is CCOC(=O)CN(C)Cc1cncs1. The van der Waals surface area contributed by atoms with Crippen LogP contribution in [0.5, 0.6) is 0 Å². The van der Waals surface area contributed by atoms with E-state index in [1.165, 1.54) is 0 Å². The molecule has 0 N–H and O–H groups in total. The minimum absolute atomic E-state index is 0.181. The van der Waals surface area contributed by atoms with Crippen LogP contribution in [0, 0.1) is 0 Å². The Morgan fingerprint density at radius 2 is 2.50 bits per heavy atom. The molecule has 0 aliphatic carbocycles. The van der Waals surface area contributed by atoms with Crippen LogP contribution in [0.15, 0.2) is 11.7 Å². The molecule has 0 bridgehead atoms. The van der Waals surface area contributed by atoms with Crippen molar-refractivity contribution in [1.82, 2.24) is 9.88 Å². The van der Waals surface area contributed by atoms with Crippen LogP contribution in [-0.4, -0.2) is 36.1 Å². The largest absolute Gasteiger partial charge is 0.465 e. The maximum Gasteiger partial charge on any atom is 0.320 e. The average Bonchev–Trinajstić information content (AvgIpc) is 2.56. The minimum Gasteiger partial charge on any atom is -0.465 e. The average molecular weight is 214 g/mol. The molecule has 0 saturated carbocycles. The van der Waals surface area contributed by atoms with Crippen LogP contribution in [0.1, 0.15) is 11.8 Å². The lowest BCUT2D eigenvalue weighted by Gasteiger charge is -2.13. The molecule has 1 heterocycles. The summed E-state index contributed by atoms with van der Waals surface area (Å²) in [6.07, 6.45) is 1.81. The van der Waals surface area contributed by atoms with Crippen molar-refractivity contribution >= 4 is 17.3 Å². The molecule has 0 amide bonds. The van der Waals surface area contributed by atoms with Crippen molar-refractivity contribution in [3.05, 3.63) is 16.6 Å². The number of rotatable bonds is 5. The van der Waals surface area contributed by atoms with Gasteiger partial charge in [0.25, 0.3) is 0 Å². The molecule has 0 aliphatic heterocycles. The summed E-state index contributed by atoms with van der Waals surface area (Å²) in [5.74, 6) is -0.181. The van der Waals surface area contributed by atoms with Crippen LogP contribution in [-0.2, 0) is 16.1 Å². The topological polar surface area (TPSA) is 42.4 Å². The summed E-state index contributed by atoms with van der Waals surface area (Å²) in [5.41, 5.74) is 1.79. The first-order chi connectivity index (χ1) is 6.72. The number of hydrogen-bond donors (Lipinski definition) is 0. The van der Waals surface area contributed by atoms with E-state index in [1.807, 2.05) is 18.1 Å². The first-order valence-electron chi connectivity index (χ1n) is 4.44. The number of ether oxygens (including phenoxy) is 1. The van der Waals surface area contributed by atoms with Crippen LogP contribution in [0.25, 0.3) is 0 Å². The van der Waals surface area contributed by atoms with E-state index < -0.39 is 0 Å². The predicted molar refractivity (Wildman–Crippen MR) is 55.1 cm³/mol. The van der Waals surface area contributed by atoms with E-state index in [4.69, 9.17) is 4.74 Å². The predicted octanol–water partition coefficient (Wildman–Crippen LogP) is 1.14. The van der Waals surface area contributed by atoms with Gasteiger partial charge in [-0.05, 0) is 14.0 Å². The van der Waals surface area contributed by atoms with Crippen LogP contribution in [0.2, 0.25) is 0 Å². The van der Waals surface area contributed by atoms with E-state index in [-0.39, 0.29) is 5.97 Å². The van der Waals surface area contributed by atoms with Crippen molar-refractivity contribution in [2.24, 2.45) is 0 Å². The third-order valence-corrected chi connectivity index (χ3v) is 2.38. The molecule has 4 nitrogen and oxygen atoms in total. The lowest BCUT2D eigenvalue weighted by Crippen LogP contribution is -2.26. The molecule has 0 saturated heterocycles. The minimum atomic E-state index is -0.181. The Bertz CT molecular complexity index is 274. The van der Waals surface area contributed by atoms with Crippen LogP contribution in [0.4, 0.5) is 0 Å². The second-order valence-corrected chi connectivity index (χ2v) is 3.92. The molecule has 5 heteroatoms. The quantitative estimate of drug-likeness (QED) is 0.689. The molecular weight excluding hydrogens is 200 g/mol. The zero-order valence-corrected chi connectivity index (χ0v) is 9.21. The number of nitrogens with zero attached hydrogens (tertiary/aromatic N) is 2. The van der Waals surface area contributed by atoms with E-state index in [9.17, 15) is 4.79 Å². The molecule has 0 aromatic carbocycles. The molecular formula is C9H14N2O2S. The van der Waals surface area contributed by atoms with E-state index in [2.05, 4.69) is 4.98 Å². The summed E-state index contributed by atoms with van der Waals surface area (Å²) < 4.78 is 4.84. The third-order valence-electron chi connectivity index (χ3n) is 1.61. The van der Waals surface area contributed by atoms with Gasteiger partial charge in [0.2, 0.25) is 0 Å². The number of esters is 1. The summed E-state index contributed by atoms with van der Waals surface area (Å²) in [7, 11) is 1.89. The van der Waals surface area contributed by atoms with Crippen LogP contribution < -0.4 is 0 Å². The fraction of sp³-hybridized carbons (Fsp3) is 0.556. The Morgan fingerprint density at radius 3 is 3.07 bits per heavy atom. The van der Waals surface area contributed by atoms with E-state index in [0.717, 1.165) is 11.4 Å². The number of carbonyl (C=O) groups excluding carboxylic acids is 1. The second-order valence-electron chi connectivity index (χ2n) is 2.95. The first-order valence-corrected chi connectivity index (χ1v) is 5.32. The Balaban J connectivity index is 2.29. The highest BCUT2D eigenvalue weighted by atomic mass is 32.1. The first kappa shape index (κ1) is 11.1. The van der Waals surface area contributed by atoms with Crippen LogP contribution >= 0.6 is 11.3 Å². The molecule has 0 unspecified atom stereocenters. The summed E-state index contributed by atoms with van der Waals surface area (Å²) >= 11 is 1.59. The van der Waals surface area contributed by atoms with E-state index >= 15 is 0 Å². The molecule has 0 spiro atoms. The van der Waals surface area contributed by atoms with Crippen molar-refractivity contribution < 1.29 is 9.53 Å². The van der Waals surface area contributed by atoms with Gasteiger partial charge in [0.1, 0.15) is 0 Å². The fourth-order valence-electron chi connectivity index (χ4n) is 1.07. The third kappa shape index (κ3) is 3.85. The van der Waals surface area contributed by atoms with Gasteiger partial charge in [-0.25, -0.2) is 0 Å².